The van der Waals surface area contributed by atoms with E-state index >= 15 is 0 Å². The second kappa shape index (κ2) is 12.4. The Morgan fingerprint density at radius 2 is 1.71 bits per heavy atom. The van der Waals surface area contributed by atoms with Crippen molar-refractivity contribution in [1.82, 2.24) is 15.5 Å². The molecule has 2 aromatic rings. The number of likely N-dealkylation sites (tertiary alicyclic amines) is 1. The first-order chi connectivity index (χ1) is 16.4. The molecule has 0 spiro atoms. The molecule has 0 saturated carbocycles. The molecule has 182 valence electrons. The molecule has 2 N–H and O–H groups in total. The Hall–Kier alpha value is -3.15. The fraction of sp³-hybridized carbons (Fsp3) is 0.464. The second-order valence-corrected chi connectivity index (χ2v) is 9.34. The van der Waals surface area contributed by atoms with Gasteiger partial charge in [0.05, 0.1) is 0 Å². The quantitative estimate of drug-likeness (QED) is 0.592. The number of nitrogens with one attached hydrogen (secondary N) is 2. The molecular formula is C28H37N3O3. The van der Waals surface area contributed by atoms with Gasteiger partial charge in [-0.05, 0) is 63.1 Å². The molecule has 3 amide bonds. The van der Waals surface area contributed by atoms with E-state index in [9.17, 15) is 14.4 Å². The Labute approximate surface area is 203 Å². The number of carbonyl (C=O) groups is 3. The SMILES string of the molecule is CC[C@@H](C)NC(=O)[C@@H](NC(=O)c1cccc(C)c1)C1CCN(C(=O)CCc2ccccc2)CC1. The highest BCUT2D eigenvalue weighted by molar-refractivity contribution is 5.97. The van der Waals surface area contributed by atoms with Crippen LogP contribution in [0.3, 0.4) is 0 Å². The van der Waals surface area contributed by atoms with Gasteiger partial charge in [-0.2, -0.15) is 0 Å². The van der Waals surface area contributed by atoms with Crippen LogP contribution in [0.15, 0.2) is 54.6 Å². The first-order valence-corrected chi connectivity index (χ1v) is 12.4. The van der Waals surface area contributed by atoms with Gasteiger partial charge in [-0.1, -0.05) is 55.0 Å². The van der Waals surface area contributed by atoms with Gasteiger partial charge in [0.15, 0.2) is 0 Å². The summed E-state index contributed by atoms with van der Waals surface area (Å²) in [6.45, 7) is 7.13. The van der Waals surface area contributed by atoms with Crippen molar-refractivity contribution in [2.75, 3.05) is 13.1 Å². The molecule has 6 nitrogen and oxygen atoms in total. The number of rotatable bonds is 9. The van der Waals surface area contributed by atoms with Crippen LogP contribution < -0.4 is 10.6 Å². The van der Waals surface area contributed by atoms with Crippen molar-refractivity contribution >= 4 is 17.7 Å². The van der Waals surface area contributed by atoms with Gasteiger partial charge in [-0.15, -0.1) is 0 Å². The van der Waals surface area contributed by atoms with Gasteiger partial charge in [-0.3, -0.25) is 14.4 Å². The summed E-state index contributed by atoms with van der Waals surface area (Å²) in [5, 5.41) is 6.03. The fourth-order valence-corrected chi connectivity index (χ4v) is 4.38. The van der Waals surface area contributed by atoms with Crippen LogP contribution in [0.1, 0.15) is 61.0 Å². The van der Waals surface area contributed by atoms with Crippen LogP contribution in [-0.4, -0.2) is 47.8 Å². The summed E-state index contributed by atoms with van der Waals surface area (Å²) in [5.74, 6) is -0.263. The minimum Gasteiger partial charge on any atom is -0.352 e. The lowest BCUT2D eigenvalue weighted by atomic mass is 9.88. The number of amides is 3. The number of benzene rings is 2. The van der Waals surface area contributed by atoms with Crippen LogP contribution in [0, 0.1) is 12.8 Å². The third kappa shape index (κ3) is 7.17. The highest BCUT2D eigenvalue weighted by Gasteiger charge is 2.34. The molecule has 6 heteroatoms. The number of hydrogen-bond donors (Lipinski definition) is 2. The monoisotopic (exact) mass is 463 g/mol. The van der Waals surface area contributed by atoms with Gasteiger partial charge < -0.3 is 15.5 Å². The van der Waals surface area contributed by atoms with Crippen LogP contribution in [0.2, 0.25) is 0 Å². The lowest BCUT2D eigenvalue weighted by Crippen LogP contribution is -2.55. The summed E-state index contributed by atoms with van der Waals surface area (Å²) in [5.41, 5.74) is 2.71. The summed E-state index contributed by atoms with van der Waals surface area (Å²) in [4.78, 5) is 40.7. The molecule has 2 atom stereocenters. The molecule has 0 aliphatic carbocycles. The van der Waals surface area contributed by atoms with E-state index < -0.39 is 6.04 Å². The summed E-state index contributed by atoms with van der Waals surface area (Å²) in [6.07, 6.45) is 3.40. The molecule has 1 fully saturated rings. The van der Waals surface area contributed by atoms with Gasteiger partial charge in [0.1, 0.15) is 6.04 Å². The Balaban J connectivity index is 1.61. The van der Waals surface area contributed by atoms with Gasteiger partial charge in [0.2, 0.25) is 11.8 Å². The molecule has 0 bridgehead atoms. The lowest BCUT2D eigenvalue weighted by Gasteiger charge is -2.36. The minimum atomic E-state index is -0.622. The molecule has 3 rings (SSSR count). The van der Waals surface area contributed by atoms with Crippen LogP contribution in [0.25, 0.3) is 0 Å². The van der Waals surface area contributed by atoms with Gasteiger partial charge in [0, 0.05) is 31.1 Å². The maximum absolute atomic E-state index is 13.1. The van der Waals surface area contributed by atoms with E-state index in [-0.39, 0.29) is 29.7 Å². The molecular weight excluding hydrogens is 426 g/mol. The summed E-state index contributed by atoms with van der Waals surface area (Å²) >= 11 is 0. The average molecular weight is 464 g/mol. The molecule has 0 unspecified atom stereocenters. The number of nitrogens with zero attached hydrogens (tertiary/aromatic N) is 1. The molecule has 1 aliphatic heterocycles. The predicted octanol–water partition coefficient (Wildman–Crippen LogP) is 3.88. The van der Waals surface area contributed by atoms with Crippen molar-refractivity contribution in [2.45, 2.75) is 65.0 Å². The van der Waals surface area contributed by atoms with Crippen LogP contribution in [-0.2, 0) is 16.0 Å². The topological polar surface area (TPSA) is 78.5 Å². The molecule has 2 aromatic carbocycles. The zero-order valence-corrected chi connectivity index (χ0v) is 20.5. The summed E-state index contributed by atoms with van der Waals surface area (Å²) in [7, 11) is 0. The van der Waals surface area contributed by atoms with E-state index in [4.69, 9.17) is 0 Å². The van der Waals surface area contributed by atoms with Crippen LogP contribution in [0.4, 0.5) is 0 Å². The number of piperidine rings is 1. The summed E-state index contributed by atoms with van der Waals surface area (Å²) in [6, 6.07) is 16.8. The third-order valence-corrected chi connectivity index (χ3v) is 6.68. The zero-order valence-electron chi connectivity index (χ0n) is 20.5. The number of aryl methyl sites for hydroxylation is 2. The second-order valence-electron chi connectivity index (χ2n) is 9.34. The van der Waals surface area contributed by atoms with Crippen molar-refractivity contribution in [2.24, 2.45) is 5.92 Å². The molecule has 1 heterocycles. The van der Waals surface area contributed by atoms with Gasteiger partial charge in [0.25, 0.3) is 5.91 Å². The average Bonchev–Trinajstić information content (AvgIpc) is 2.86. The van der Waals surface area contributed by atoms with Crippen LogP contribution >= 0.6 is 0 Å². The molecule has 34 heavy (non-hydrogen) atoms. The number of carbonyl (C=O) groups excluding carboxylic acids is 3. The van der Waals surface area contributed by atoms with Crippen molar-refractivity contribution in [3.63, 3.8) is 0 Å². The van der Waals surface area contributed by atoms with Gasteiger partial charge >= 0.3 is 0 Å². The van der Waals surface area contributed by atoms with Gasteiger partial charge in [-0.25, -0.2) is 0 Å². The van der Waals surface area contributed by atoms with Crippen molar-refractivity contribution in [3.05, 3.63) is 71.3 Å². The maximum Gasteiger partial charge on any atom is 0.251 e. The summed E-state index contributed by atoms with van der Waals surface area (Å²) < 4.78 is 0. The minimum absolute atomic E-state index is 0.0176. The Kier molecular flexibility index (Phi) is 9.25. The molecule has 1 aliphatic rings. The standard InChI is InChI=1S/C28H37N3O3/c1-4-21(3)29-28(34)26(30-27(33)24-12-8-9-20(2)19-24)23-15-17-31(18-16-23)25(32)14-13-22-10-6-5-7-11-22/h5-12,19,21,23,26H,4,13-18H2,1-3H3,(H,29,34)(H,30,33)/t21-,26+/m1/s1. The van der Waals surface area contributed by atoms with E-state index in [0.717, 1.165) is 24.0 Å². The first-order valence-electron chi connectivity index (χ1n) is 12.4. The molecule has 1 saturated heterocycles. The molecule has 0 aromatic heterocycles. The normalized spacial score (nSPS) is 15.9. The largest absolute Gasteiger partial charge is 0.352 e. The maximum atomic E-state index is 13.1. The number of hydrogen-bond acceptors (Lipinski definition) is 3. The third-order valence-electron chi connectivity index (χ3n) is 6.68. The lowest BCUT2D eigenvalue weighted by molar-refractivity contribution is -0.133. The Morgan fingerprint density at radius 1 is 1.00 bits per heavy atom. The van der Waals surface area contributed by atoms with Crippen LogP contribution in [0.5, 0.6) is 0 Å². The Morgan fingerprint density at radius 3 is 2.35 bits per heavy atom. The smallest absolute Gasteiger partial charge is 0.251 e. The fourth-order valence-electron chi connectivity index (χ4n) is 4.38. The highest BCUT2D eigenvalue weighted by Crippen LogP contribution is 2.23. The van der Waals surface area contributed by atoms with Crippen molar-refractivity contribution in [1.29, 1.82) is 0 Å². The van der Waals surface area contributed by atoms with E-state index in [1.807, 2.05) is 74.2 Å². The predicted molar refractivity (Wildman–Crippen MR) is 134 cm³/mol. The first kappa shape index (κ1) is 25.5. The van der Waals surface area contributed by atoms with Crippen molar-refractivity contribution < 1.29 is 14.4 Å². The molecule has 0 radical (unpaired) electrons. The van der Waals surface area contributed by atoms with E-state index in [2.05, 4.69) is 10.6 Å². The van der Waals surface area contributed by atoms with E-state index in [0.29, 0.717) is 37.9 Å². The van der Waals surface area contributed by atoms with E-state index in [1.165, 1.54) is 0 Å². The zero-order chi connectivity index (χ0) is 24.5. The van der Waals surface area contributed by atoms with Crippen molar-refractivity contribution in [3.8, 4) is 0 Å². The Bertz CT molecular complexity index is 968. The highest BCUT2D eigenvalue weighted by atomic mass is 16.2. The van der Waals surface area contributed by atoms with E-state index in [1.54, 1.807) is 6.07 Å².